The summed E-state index contributed by atoms with van der Waals surface area (Å²) in [6, 6.07) is 0. The molecule has 2 N–H and O–H groups in total. The quantitative estimate of drug-likeness (QED) is 0.387. The van der Waals surface area contributed by atoms with Crippen molar-refractivity contribution in [2.45, 2.75) is 64.4 Å². The first-order chi connectivity index (χ1) is 12.3. The number of ether oxygens (including phenoxy) is 1. The summed E-state index contributed by atoms with van der Waals surface area (Å²) in [6.45, 7) is 4.32. The van der Waals surface area contributed by atoms with Crippen molar-refractivity contribution < 1.29 is 24.5 Å². The second-order valence-electron chi connectivity index (χ2n) is 9.21. The molecule has 0 aromatic carbocycles. The Kier molecular flexibility index (Phi) is 3.97. The van der Waals surface area contributed by atoms with Gasteiger partial charge in [0.2, 0.25) is 0 Å². The van der Waals surface area contributed by atoms with Gasteiger partial charge < -0.3 is 14.9 Å². The third-order valence-electron chi connectivity index (χ3n) is 8.10. The standard InChI is InChI=1S/C21H28O5/c1-20-9-13(11-23)18(24)8-14(20)3-4-15-16(20)5-6-21(2)17(15)7-12(10-22)19(25)26-21/h10-11,14-17,22-23H,3-9H2,1-2H3/b12-10-,13-11+/t14-,15-,16+,17-,20-,21+/m0/s1. The Morgan fingerprint density at radius 1 is 1.00 bits per heavy atom. The molecule has 6 atom stereocenters. The average Bonchev–Trinajstić information content (AvgIpc) is 2.60. The zero-order valence-corrected chi connectivity index (χ0v) is 15.5. The number of fused-ring (bicyclic) bond motifs is 5. The Labute approximate surface area is 154 Å². The third kappa shape index (κ3) is 2.35. The number of hydrogen-bond donors (Lipinski definition) is 2. The molecule has 0 bridgehead atoms. The van der Waals surface area contributed by atoms with E-state index in [9.17, 15) is 19.8 Å². The molecule has 3 aliphatic carbocycles. The fourth-order valence-electron chi connectivity index (χ4n) is 6.61. The van der Waals surface area contributed by atoms with Crippen LogP contribution in [0.5, 0.6) is 0 Å². The van der Waals surface area contributed by atoms with Crippen LogP contribution in [-0.2, 0) is 14.3 Å². The van der Waals surface area contributed by atoms with Gasteiger partial charge in [-0.3, -0.25) is 4.79 Å². The number of esters is 1. The van der Waals surface area contributed by atoms with Gasteiger partial charge in [0.15, 0.2) is 5.78 Å². The van der Waals surface area contributed by atoms with Crippen LogP contribution in [0.2, 0.25) is 0 Å². The number of Topliss-reactive ketones (excluding diaryl/α,β-unsaturated/α-hetero) is 1. The summed E-state index contributed by atoms with van der Waals surface area (Å²) in [5.74, 6) is 1.12. The normalized spacial score (nSPS) is 48.5. The minimum Gasteiger partial charge on any atom is -0.515 e. The number of ketones is 1. The Morgan fingerprint density at radius 3 is 2.42 bits per heavy atom. The van der Waals surface area contributed by atoms with Gasteiger partial charge in [0, 0.05) is 17.9 Å². The number of aliphatic hydroxyl groups is 2. The Bertz CT molecular complexity index is 707. The maximum atomic E-state index is 12.3. The van der Waals surface area contributed by atoms with E-state index in [1.165, 1.54) is 0 Å². The Morgan fingerprint density at radius 2 is 1.73 bits per heavy atom. The molecule has 1 saturated heterocycles. The summed E-state index contributed by atoms with van der Waals surface area (Å²) in [4.78, 5) is 24.4. The molecule has 26 heavy (non-hydrogen) atoms. The van der Waals surface area contributed by atoms with Crippen LogP contribution in [0, 0.1) is 29.1 Å². The molecule has 0 aromatic heterocycles. The second kappa shape index (κ2) is 5.86. The van der Waals surface area contributed by atoms with Crippen molar-refractivity contribution in [3.63, 3.8) is 0 Å². The molecule has 5 heteroatoms. The van der Waals surface area contributed by atoms with Crippen LogP contribution >= 0.6 is 0 Å². The lowest BCUT2D eigenvalue weighted by molar-refractivity contribution is -0.193. The van der Waals surface area contributed by atoms with Crippen LogP contribution in [-0.4, -0.2) is 27.6 Å². The van der Waals surface area contributed by atoms with Crippen LogP contribution < -0.4 is 0 Å². The first-order valence-corrected chi connectivity index (χ1v) is 9.75. The Balaban J connectivity index is 1.67. The zero-order valence-electron chi connectivity index (χ0n) is 15.5. The van der Waals surface area contributed by atoms with E-state index < -0.39 is 11.6 Å². The molecule has 1 aliphatic heterocycles. The largest absolute Gasteiger partial charge is 0.515 e. The van der Waals surface area contributed by atoms with Crippen molar-refractivity contribution in [2.24, 2.45) is 29.1 Å². The topological polar surface area (TPSA) is 83.8 Å². The molecular formula is C21H28O5. The number of carbonyl (C=O) groups excluding carboxylic acids is 2. The summed E-state index contributed by atoms with van der Waals surface area (Å²) in [5, 5.41) is 18.9. The zero-order chi connectivity index (χ0) is 18.7. The maximum Gasteiger partial charge on any atom is 0.337 e. The molecule has 4 rings (SSSR count). The molecule has 4 aliphatic rings. The fourth-order valence-corrected chi connectivity index (χ4v) is 6.61. The molecule has 3 saturated carbocycles. The summed E-state index contributed by atoms with van der Waals surface area (Å²) < 4.78 is 5.79. The summed E-state index contributed by atoms with van der Waals surface area (Å²) >= 11 is 0. The molecule has 4 fully saturated rings. The van der Waals surface area contributed by atoms with E-state index in [-0.39, 0.29) is 17.1 Å². The van der Waals surface area contributed by atoms with Gasteiger partial charge >= 0.3 is 5.97 Å². The highest BCUT2D eigenvalue weighted by Gasteiger charge is 2.60. The van der Waals surface area contributed by atoms with Crippen LogP contribution in [0.1, 0.15) is 58.8 Å². The minimum absolute atomic E-state index is 0.00271. The van der Waals surface area contributed by atoms with Crippen LogP contribution in [0.25, 0.3) is 0 Å². The van der Waals surface area contributed by atoms with Crippen molar-refractivity contribution in [1.29, 1.82) is 0 Å². The van der Waals surface area contributed by atoms with Gasteiger partial charge in [-0.25, -0.2) is 4.79 Å². The van der Waals surface area contributed by atoms with E-state index in [2.05, 4.69) is 6.92 Å². The predicted octanol–water partition coefficient (Wildman–Crippen LogP) is 4.00. The van der Waals surface area contributed by atoms with E-state index in [0.717, 1.165) is 38.2 Å². The van der Waals surface area contributed by atoms with E-state index >= 15 is 0 Å². The van der Waals surface area contributed by atoms with E-state index in [0.29, 0.717) is 48.2 Å². The van der Waals surface area contributed by atoms with Gasteiger partial charge in [0.1, 0.15) is 5.60 Å². The summed E-state index contributed by atoms with van der Waals surface area (Å²) in [7, 11) is 0. The number of aliphatic hydroxyl groups excluding tert-OH is 2. The molecule has 0 unspecified atom stereocenters. The second-order valence-corrected chi connectivity index (χ2v) is 9.21. The highest BCUT2D eigenvalue weighted by Crippen LogP contribution is 2.63. The smallest absolute Gasteiger partial charge is 0.337 e. The monoisotopic (exact) mass is 360 g/mol. The summed E-state index contributed by atoms with van der Waals surface area (Å²) in [5.41, 5.74) is 0.463. The maximum absolute atomic E-state index is 12.3. The van der Waals surface area contributed by atoms with Crippen molar-refractivity contribution in [3.05, 3.63) is 23.7 Å². The van der Waals surface area contributed by atoms with E-state index in [1.54, 1.807) is 0 Å². The van der Waals surface area contributed by atoms with Crippen LogP contribution in [0.15, 0.2) is 23.7 Å². The van der Waals surface area contributed by atoms with Crippen LogP contribution in [0.4, 0.5) is 0 Å². The minimum atomic E-state index is -0.464. The van der Waals surface area contributed by atoms with Crippen molar-refractivity contribution in [2.75, 3.05) is 0 Å². The van der Waals surface area contributed by atoms with Crippen LogP contribution in [0.3, 0.4) is 0 Å². The third-order valence-corrected chi connectivity index (χ3v) is 8.10. The first kappa shape index (κ1) is 17.6. The number of hydrogen-bond acceptors (Lipinski definition) is 5. The lowest BCUT2D eigenvalue weighted by Crippen LogP contribution is -2.58. The molecular weight excluding hydrogens is 332 g/mol. The molecule has 0 radical (unpaired) electrons. The highest BCUT2D eigenvalue weighted by atomic mass is 16.6. The molecule has 0 spiro atoms. The van der Waals surface area contributed by atoms with Gasteiger partial charge in [-0.15, -0.1) is 0 Å². The summed E-state index contributed by atoms with van der Waals surface area (Å²) in [6.07, 6.45) is 7.48. The first-order valence-electron chi connectivity index (χ1n) is 9.75. The molecule has 1 heterocycles. The van der Waals surface area contributed by atoms with Crippen molar-refractivity contribution in [3.8, 4) is 0 Å². The van der Waals surface area contributed by atoms with E-state index in [4.69, 9.17) is 4.74 Å². The molecule has 0 aromatic rings. The SMILES string of the molecule is C[C@]12C/C(=C\O)C(=O)C[C@@H]1CC[C@H]1[C@H]2CC[C@@]2(C)OC(=O)/C(=C\O)C[C@@H]12. The van der Waals surface area contributed by atoms with Gasteiger partial charge in [-0.2, -0.15) is 0 Å². The van der Waals surface area contributed by atoms with Gasteiger partial charge in [0.25, 0.3) is 0 Å². The number of allylic oxidation sites excluding steroid dienone is 1. The predicted molar refractivity (Wildman–Crippen MR) is 95.3 cm³/mol. The van der Waals surface area contributed by atoms with E-state index in [1.807, 2.05) is 6.92 Å². The Hall–Kier alpha value is -1.78. The lowest BCUT2D eigenvalue weighted by atomic mass is 9.45. The molecule has 0 amide bonds. The average molecular weight is 360 g/mol. The number of carbonyl (C=O) groups is 2. The van der Waals surface area contributed by atoms with Gasteiger partial charge in [0.05, 0.1) is 18.1 Å². The van der Waals surface area contributed by atoms with Gasteiger partial charge in [-0.1, -0.05) is 6.92 Å². The molecule has 142 valence electrons. The lowest BCUT2D eigenvalue weighted by Gasteiger charge is -2.61. The van der Waals surface area contributed by atoms with Crippen molar-refractivity contribution >= 4 is 11.8 Å². The number of rotatable bonds is 0. The van der Waals surface area contributed by atoms with Gasteiger partial charge in [-0.05, 0) is 68.6 Å². The molecule has 5 nitrogen and oxygen atoms in total. The fraction of sp³-hybridized carbons (Fsp3) is 0.714. The highest BCUT2D eigenvalue weighted by molar-refractivity contribution is 5.96. The van der Waals surface area contributed by atoms with Crippen molar-refractivity contribution in [1.82, 2.24) is 0 Å².